The Bertz CT molecular complexity index is 1530. The summed E-state index contributed by atoms with van der Waals surface area (Å²) in [6, 6.07) is 11.8. The minimum Gasteiger partial charge on any atom is -0.463 e. The smallest absolute Gasteiger partial charge is 0.267 e. The largest absolute Gasteiger partial charge is 0.463 e. The van der Waals surface area contributed by atoms with Gasteiger partial charge in [0.25, 0.3) is 5.56 Å². The molecule has 5 aromatic rings. The fraction of sp³-hybridized carbons (Fsp3) is 0.167. The Hall–Kier alpha value is -4.05. The van der Waals surface area contributed by atoms with E-state index in [0.717, 1.165) is 31.5 Å². The predicted molar refractivity (Wildman–Crippen MR) is 126 cm³/mol. The van der Waals surface area contributed by atoms with Crippen LogP contribution in [0.5, 0.6) is 0 Å². The number of nitrogens with zero attached hydrogens (tertiary/aromatic N) is 4. The average molecular weight is 478 g/mol. The van der Waals surface area contributed by atoms with Gasteiger partial charge in [0, 0.05) is 28.4 Å². The number of furan rings is 1. The molecule has 1 amide bonds. The zero-order chi connectivity index (χ0) is 23.8. The first kappa shape index (κ1) is 21.8. The number of thiazole rings is 1. The van der Waals surface area contributed by atoms with Gasteiger partial charge in [0.1, 0.15) is 17.6 Å². The highest BCUT2D eigenvalue weighted by atomic mass is 32.1. The summed E-state index contributed by atoms with van der Waals surface area (Å²) < 4.78 is 21.6. The van der Waals surface area contributed by atoms with Crippen LogP contribution >= 0.6 is 11.3 Å². The zero-order valence-electron chi connectivity index (χ0n) is 18.4. The monoisotopic (exact) mass is 477 g/mol. The molecule has 4 aromatic heterocycles. The first-order chi connectivity index (χ1) is 16.4. The Kier molecular flexibility index (Phi) is 5.58. The Balaban J connectivity index is 1.31. The molecule has 0 aliphatic carbocycles. The molecule has 0 spiro atoms. The lowest BCUT2D eigenvalue weighted by Gasteiger charge is -2.14. The first-order valence-corrected chi connectivity index (χ1v) is 11.4. The second-order valence-electron chi connectivity index (χ2n) is 7.77. The average Bonchev–Trinajstić information content (AvgIpc) is 3.57. The number of hydrogen-bond acceptors (Lipinski definition) is 6. The fourth-order valence-electron chi connectivity index (χ4n) is 3.60. The fourth-order valence-corrected chi connectivity index (χ4v) is 4.65. The highest BCUT2D eigenvalue weighted by Gasteiger charge is 2.20. The van der Waals surface area contributed by atoms with E-state index in [4.69, 9.17) is 4.42 Å². The van der Waals surface area contributed by atoms with Crippen LogP contribution in [-0.2, 0) is 11.3 Å². The number of aromatic nitrogens is 4. The van der Waals surface area contributed by atoms with Crippen LogP contribution in [0.25, 0.3) is 27.7 Å². The number of benzene rings is 1. The third-order valence-electron chi connectivity index (χ3n) is 5.56. The van der Waals surface area contributed by atoms with Gasteiger partial charge in [-0.15, -0.1) is 0 Å². The van der Waals surface area contributed by atoms with E-state index < -0.39 is 6.04 Å². The molecule has 0 saturated heterocycles. The van der Waals surface area contributed by atoms with Crippen LogP contribution in [0.2, 0.25) is 0 Å². The second-order valence-corrected chi connectivity index (χ2v) is 8.83. The van der Waals surface area contributed by atoms with E-state index in [1.165, 1.54) is 35.8 Å². The van der Waals surface area contributed by atoms with Gasteiger partial charge < -0.3 is 9.73 Å². The molecule has 5 rings (SSSR count). The summed E-state index contributed by atoms with van der Waals surface area (Å²) in [5.41, 5.74) is 2.62. The lowest BCUT2D eigenvalue weighted by molar-refractivity contribution is -0.124. The second kappa shape index (κ2) is 8.71. The number of nitrogens with one attached hydrogen (secondary N) is 1. The van der Waals surface area contributed by atoms with Crippen molar-refractivity contribution in [3.8, 4) is 22.7 Å². The van der Waals surface area contributed by atoms with E-state index >= 15 is 0 Å². The van der Waals surface area contributed by atoms with Crippen molar-refractivity contribution in [1.29, 1.82) is 0 Å². The zero-order valence-corrected chi connectivity index (χ0v) is 19.2. The Morgan fingerprint density at radius 3 is 2.68 bits per heavy atom. The molecule has 0 aliphatic rings. The molecule has 8 nitrogen and oxygen atoms in total. The summed E-state index contributed by atoms with van der Waals surface area (Å²) >= 11 is 1.46. The Morgan fingerprint density at radius 2 is 1.97 bits per heavy atom. The topological polar surface area (TPSA) is 94.4 Å². The van der Waals surface area contributed by atoms with E-state index in [9.17, 15) is 14.0 Å². The summed E-state index contributed by atoms with van der Waals surface area (Å²) in [6.07, 6.45) is 3.41. The number of aryl methyl sites for hydroxylation is 1. The molecule has 1 unspecified atom stereocenters. The van der Waals surface area contributed by atoms with E-state index in [-0.39, 0.29) is 17.3 Å². The number of halogens is 1. The standard InChI is InChI=1S/C24H20FN5O3S/c1-14-21(34-24-27-19(13-29(14)24)16-5-7-17(25)8-6-16)12-26-23(32)15(2)30-22(31)10-9-18(28-30)20-4-3-11-33-20/h3-11,13,15H,12H2,1-2H3,(H,26,32). The number of hydrogen-bond donors (Lipinski definition) is 1. The molecule has 1 atom stereocenters. The normalized spacial score (nSPS) is 12.2. The summed E-state index contributed by atoms with van der Waals surface area (Å²) in [5, 5.41) is 7.18. The maximum absolute atomic E-state index is 13.2. The highest BCUT2D eigenvalue weighted by molar-refractivity contribution is 7.17. The highest BCUT2D eigenvalue weighted by Crippen LogP contribution is 2.27. The van der Waals surface area contributed by atoms with Crippen molar-refractivity contribution in [1.82, 2.24) is 24.5 Å². The van der Waals surface area contributed by atoms with Crippen LogP contribution in [0.15, 0.2) is 70.2 Å². The molecule has 0 aliphatic heterocycles. The minimum atomic E-state index is -0.808. The van der Waals surface area contributed by atoms with Crippen LogP contribution in [0.4, 0.5) is 4.39 Å². The van der Waals surface area contributed by atoms with Crippen LogP contribution in [0.3, 0.4) is 0 Å². The summed E-state index contributed by atoms with van der Waals surface area (Å²) in [4.78, 5) is 31.5. The summed E-state index contributed by atoms with van der Waals surface area (Å²) in [6.45, 7) is 3.86. The Labute approximate surface area is 197 Å². The number of rotatable bonds is 6. The van der Waals surface area contributed by atoms with Gasteiger partial charge in [0.2, 0.25) is 5.91 Å². The molecular formula is C24H20FN5O3S. The Morgan fingerprint density at radius 1 is 1.18 bits per heavy atom. The van der Waals surface area contributed by atoms with Crippen molar-refractivity contribution in [3.63, 3.8) is 0 Å². The number of carbonyl (C=O) groups is 1. The van der Waals surface area contributed by atoms with Crippen LogP contribution in [0.1, 0.15) is 23.5 Å². The minimum absolute atomic E-state index is 0.293. The van der Waals surface area contributed by atoms with Crippen molar-refractivity contribution in [2.24, 2.45) is 0 Å². The third-order valence-corrected chi connectivity index (χ3v) is 6.72. The van der Waals surface area contributed by atoms with Gasteiger partial charge in [-0.05, 0) is 56.3 Å². The van der Waals surface area contributed by atoms with Crippen LogP contribution in [-0.4, -0.2) is 25.1 Å². The van der Waals surface area contributed by atoms with Crippen LogP contribution in [0, 0.1) is 12.7 Å². The summed E-state index contributed by atoms with van der Waals surface area (Å²) in [7, 11) is 0. The molecule has 34 heavy (non-hydrogen) atoms. The number of fused-ring (bicyclic) bond motifs is 1. The molecule has 0 saturated carbocycles. The molecular weight excluding hydrogens is 457 g/mol. The number of carbonyl (C=O) groups excluding carboxylic acids is 1. The third kappa shape index (κ3) is 4.03. The molecule has 4 heterocycles. The van der Waals surface area contributed by atoms with Gasteiger partial charge in [0.15, 0.2) is 10.7 Å². The van der Waals surface area contributed by atoms with Crippen molar-refractivity contribution < 1.29 is 13.6 Å². The van der Waals surface area contributed by atoms with E-state index in [2.05, 4.69) is 15.4 Å². The molecule has 1 aromatic carbocycles. The number of amides is 1. The maximum Gasteiger partial charge on any atom is 0.267 e. The molecule has 0 fully saturated rings. The van der Waals surface area contributed by atoms with Crippen LogP contribution < -0.4 is 10.9 Å². The lowest BCUT2D eigenvalue weighted by atomic mass is 10.2. The predicted octanol–water partition coefficient (Wildman–Crippen LogP) is 4.20. The van der Waals surface area contributed by atoms with E-state index in [0.29, 0.717) is 18.0 Å². The first-order valence-electron chi connectivity index (χ1n) is 10.6. The van der Waals surface area contributed by atoms with Crippen molar-refractivity contribution in [2.75, 3.05) is 0 Å². The van der Waals surface area contributed by atoms with E-state index in [1.54, 1.807) is 37.3 Å². The molecule has 0 radical (unpaired) electrons. The van der Waals surface area contributed by atoms with Gasteiger partial charge in [-0.1, -0.05) is 11.3 Å². The lowest BCUT2D eigenvalue weighted by Crippen LogP contribution is -2.36. The number of imidazole rings is 1. The van der Waals surface area contributed by atoms with Crippen molar-refractivity contribution >= 4 is 22.2 Å². The molecule has 1 N–H and O–H groups in total. The van der Waals surface area contributed by atoms with Gasteiger partial charge in [-0.25, -0.2) is 14.1 Å². The quantitative estimate of drug-likeness (QED) is 0.396. The van der Waals surface area contributed by atoms with Gasteiger partial charge in [-0.3, -0.25) is 14.0 Å². The van der Waals surface area contributed by atoms with Gasteiger partial charge in [0.05, 0.1) is 18.5 Å². The molecule has 10 heteroatoms. The SMILES string of the molecule is Cc1c(CNC(=O)C(C)n2nc(-c3ccco3)ccc2=O)sc2nc(-c3ccc(F)cc3)cn12. The summed E-state index contributed by atoms with van der Waals surface area (Å²) in [5.74, 6) is -0.110. The van der Waals surface area contributed by atoms with Crippen molar-refractivity contribution in [3.05, 3.63) is 87.7 Å². The van der Waals surface area contributed by atoms with Gasteiger partial charge in [-0.2, -0.15) is 5.10 Å². The maximum atomic E-state index is 13.2. The van der Waals surface area contributed by atoms with Crippen molar-refractivity contribution in [2.45, 2.75) is 26.4 Å². The van der Waals surface area contributed by atoms with Gasteiger partial charge >= 0.3 is 0 Å². The van der Waals surface area contributed by atoms with E-state index in [1.807, 2.05) is 17.5 Å². The molecule has 172 valence electrons. The molecule has 0 bridgehead atoms.